The van der Waals surface area contributed by atoms with Crippen molar-refractivity contribution in [2.45, 2.75) is 32.7 Å². The summed E-state index contributed by atoms with van der Waals surface area (Å²) in [5, 5.41) is 11.2. The first-order valence-electron chi connectivity index (χ1n) is 4.29. The number of hydrogen-bond donors (Lipinski definition) is 1. The van der Waals surface area contributed by atoms with Gasteiger partial charge in [0.05, 0.1) is 6.07 Å². The molecule has 0 saturated carbocycles. The van der Waals surface area contributed by atoms with Gasteiger partial charge in [-0.1, -0.05) is 6.92 Å². The molecule has 2 unspecified atom stereocenters. The van der Waals surface area contributed by atoms with Crippen LogP contribution >= 0.6 is 0 Å². The number of carbonyl (C=O) groups is 1. The summed E-state index contributed by atoms with van der Waals surface area (Å²) in [6, 6.07) is 1.87. The van der Waals surface area contributed by atoms with E-state index < -0.39 is 5.92 Å². The van der Waals surface area contributed by atoms with Crippen molar-refractivity contribution in [2.24, 2.45) is 5.92 Å². The van der Waals surface area contributed by atoms with Crippen molar-refractivity contribution in [3.05, 3.63) is 0 Å². The third-order valence-electron chi connectivity index (χ3n) is 1.79. The number of terminal acetylenes is 1. The van der Waals surface area contributed by atoms with Gasteiger partial charge in [-0.2, -0.15) is 5.26 Å². The zero-order chi connectivity index (χ0) is 10.3. The number of hydrogen-bond acceptors (Lipinski definition) is 2. The fraction of sp³-hybridized carbons (Fsp3) is 0.600. The van der Waals surface area contributed by atoms with Gasteiger partial charge in [0, 0.05) is 12.5 Å². The van der Waals surface area contributed by atoms with E-state index in [9.17, 15) is 4.79 Å². The van der Waals surface area contributed by atoms with Gasteiger partial charge in [0.15, 0.2) is 0 Å². The molecule has 0 aliphatic heterocycles. The highest BCUT2D eigenvalue weighted by Crippen LogP contribution is 1.99. The molecule has 3 nitrogen and oxygen atoms in total. The van der Waals surface area contributed by atoms with Crippen LogP contribution in [0.2, 0.25) is 0 Å². The Morgan fingerprint density at radius 3 is 2.69 bits per heavy atom. The monoisotopic (exact) mass is 178 g/mol. The molecule has 0 bridgehead atoms. The van der Waals surface area contributed by atoms with E-state index in [0.29, 0.717) is 6.42 Å². The van der Waals surface area contributed by atoms with Crippen molar-refractivity contribution >= 4 is 5.91 Å². The summed E-state index contributed by atoms with van der Waals surface area (Å²) in [5.41, 5.74) is 0. The van der Waals surface area contributed by atoms with Gasteiger partial charge in [-0.15, -0.1) is 12.3 Å². The van der Waals surface area contributed by atoms with Crippen LogP contribution in [0.3, 0.4) is 0 Å². The number of rotatable bonds is 4. The SMILES string of the molecule is C#CCC(CC)NC(=O)C(C)C#N. The zero-order valence-electron chi connectivity index (χ0n) is 8.00. The van der Waals surface area contributed by atoms with E-state index in [4.69, 9.17) is 11.7 Å². The van der Waals surface area contributed by atoms with Crippen LogP contribution in [0.4, 0.5) is 0 Å². The van der Waals surface area contributed by atoms with E-state index in [1.165, 1.54) is 0 Å². The molecule has 0 aromatic carbocycles. The predicted octanol–water partition coefficient (Wildman–Crippen LogP) is 1.06. The molecule has 1 N–H and O–H groups in total. The molecule has 0 aliphatic rings. The molecule has 70 valence electrons. The molecule has 0 heterocycles. The minimum atomic E-state index is -0.605. The Bertz CT molecular complexity index is 247. The average Bonchev–Trinajstić information content (AvgIpc) is 2.15. The van der Waals surface area contributed by atoms with Gasteiger partial charge >= 0.3 is 0 Å². The first kappa shape index (κ1) is 11.5. The molecule has 0 rings (SSSR count). The maximum Gasteiger partial charge on any atom is 0.237 e. The first-order chi connectivity index (χ1) is 6.15. The predicted molar refractivity (Wildman–Crippen MR) is 50.4 cm³/mol. The quantitative estimate of drug-likeness (QED) is 0.654. The summed E-state index contributed by atoms with van der Waals surface area (Å²) >= 11 is 0. The zero-order valence-corrected chi connectivity index (χ0v) is 8.00. The van der Waals surface area contributed by atoms with E-state index in [1.54, 1.807) is 6.92 Å². The number of nitriles is 1. The topological polar surface area (TPSA) is 52.9 Å². The van der Waals surface area contributed by atoms with Crippen LogP contribution in [0.15, 0.2) is 0 Å². The van der Waals surface area contributed by atoms with E-state index in [1.807, 2.05) is 13.0 Å². The summed E-state index contributed by atoms with van der Waals surface area (Å²) in [6.07, 6.45) is 6.42. The molecule has 0 radical (unpaired) electrons. The molecule has 0 fully saturated rings. The highest BCUT2D eigenvalue weighted by Gasteiger charge is 2.14. The lowest BCUT2D eigenvalue weighted by Gasteiger charge is -2.14. The lowest BCUT2D eigenvalue weighted by molar-refractivity contribution is -0.123. The molecule has 0 aliphatic carbocycles. The smallest absolute Gasteiger partial charge is 0.237 e. The van der Waals surface area contributed by atoms with Gasteiger partial charge in [0.25, 0.3) is 0 Å². The van der Waals surface area contributed by atoms with Crippen LogP contribution in [0, 0.1) is 29.6 Å². The third kappa shape index (κ3) is 4.18. The van der Waals surface area contributed by atoms with Gasteiger partial charge < -0.3 is 5.32 Å². The standard InChI is InChI=1S/C10H14N2O/c1-4-6-9(5-2)12-10(13)8(3)7-11/h1,8-9H,5-6H2,2-3H3,(H,12,13). The summed E-state index contributed by atoms with van der Waals surface area (Å²) in [6.45, 7) is 3.51. The van der Waals surface area contributed by atoms with Crippen LogP contribution < -0.4 is 5.32 Å². The van der Waals surface area contributed by atoms with E-state index in [-0.39, 0.29) is 11.9 Å². The lowest BCUT2D eigenvalue weighted by Crippen LogP contribution is -2.37. The largest absolute Gasteiger partial charge is 0.351 e. The Morgan fingerprint density at radius 2 is 2.31 bits per heavy atom. The number of nitrogens with one attached hydrogen (secondary N) is 1. The molecular formula is C10H14N2O. The molecule has 1 amide bonds. The third-order valence-corrected chi connectivity index (χ3v) is 1.79. The number of amides is 1. The molecule has 3 heteroatoms. The Hall–Kier alpha value is -1.48. The number of nitrogens with zero attached hydrogens (tertiary/aromatic N) is 1. The van der Waals surface area contributed by atoms with Crippen molar-refractivity contribution in [1.82, 2.24) is 5.32 Å². The van der Waals surface area contributed by atoms with Gasteiger partial charge in [0.2, 0.25) is 5.91 Å². The molecule has 13 heavy (non-hydrogen) atoms. The normalized spacial score (nSPS) is 13.5. The second-order valence-electron chi connectivity index (χ2n) is 2.87. The lowest BCUT2D eigenvalue weighted by atomic mass is 10.1. The Labute approximate surface area is 79.1 Å². The van der Waals surface area contributed by atoms with Crippen LogP contribution in [-0.2, 0) is 4.79 Å². The van der Waals surface area contributed by atoms with Crippen molar-refractivity contribution in [3.63, 3.8) is 0 Å². The Balaban J connectivity index is 4.04. The van der Waals surface area contributed by atoms with Gasteiger partial charge in [-0.05, 0) is 13.3 Å². The van der Waals surface area contributed by atoms with Gasteiger partial charge in [-0.25, -0.2) is 0 Å². The average molecular weight is 178 g/mol. The van der Waals surface area contributed by atoms with Crippen LogP contribution in [0.5, 0.6) is 0 Å². The highest BCUT2D eigenvalue weighted by atomic mass is 16.1. The molecule has 0 saturated heterocycles. The summed E-state index contributed by atoms with van der Waals surface area (Å²) in [5.74, 6) is 1.63. The fourth-order valence-electron chi connectivity index (χ4n) is 0.825. The molecule has 0 spiro atoms. The molecule has 0 aromatic rings. The maximum atomic E-state index is 11.2. The first-order valence-corrected chi connectivity index (χ1v) is 4.29. The van der Waals surface area contributed by atoms with E-state index in [0.717, 1.165) is 6.42 Å². The minimum absolute atomic E-state index is 0.00620. The molecule has 2 atom stereocenters. The Morgan fingerprint density at radius 1 is 1.69 bits per heavy atom. The fourth-order valence-corrected chi connectivity index (χ4v) is 0.825. The molecular weight excluding hydrogens is 164 g/mol. The van der Waals surface area contributed by atoms with Crippen LogP contribution in [0.1, 0.15) is 26.7 Å². The summed E-state index contributed by atoms with van der Waals surface area (Å²) < 4.78 is 0. The Kier molecular flexibility index (Phi) is 5.39. The van der Waals surface area contributed by atoms with Gasteiger partial charge in [-0.3, -0.25) is 4.79 Å². The summed E-state index contributed by atoms with van der Waals surface area (Å²) in [4.78, 5) is 11.2. The van der Waals surface area contributed by atoms with Crippen LogP contribution in [-0.4, -0.2) is 11.9 Å². The minimum Gasteiger partial charge on any atom is -0.351 e. The van der Waals surface area contributed by atoms with Crippen molar-refractivity contribution in [2.75, 3.05) is 0 Å². The maximum absolute atomic E-state index is 11.2. The van der Waals surface area contributed by atoms with E-state index in [2.05, 4.69) is 11.2 Å². The van der Waals surface area contributed by atoms with Crippen LogP contribution in [0.25, 0.3) is 0 Å². The van der Waals surface area contributed by atoms with E-state index >= 15 is 0 Å². The second kappa shape index (κ2) is 6.08. The van der Waals surface area contributed by atoms with Crippen molar-refractivity contribution in [1.29, 1.82) is 5.26 Å². The number of carbonyl (C=O) groups excluding carboxylic acids is 1. The summed E-state index contributed by atoms with van der Waals surface area (Å²) in [7, 11) is 0. The second-order valence-corrected chi connectivity index (χ2v) is 2.87. The molecule has 0 aromatic heterocycles. The highest BCUT2D eigenvalue weighted by molar-refractivity contribution is 5.80. The van der Waals surface area contributed by atoms with Crippen molar-refractivity contribution < 1.29 is 4.79 Å². The van der Waals surface area contributed by atoms with Crippen molar-refractivity contribution in [3.8, 4) is 18.4 Å². The van der Waals surface area contributed by atoms with Gasteiger partial charge in [0.1, 0.15) is 5.92 Å².